The normalized spacial score (nSPS) is 12.8. The molecule has 2 aromatic heterocycles. The third-order valence-electron chi connectivity index (χ3n) is 3.11. The maximum absolute atomic E-state index is 4.19. The van der Waals surface area contributed by atoms with Crippen molar-refractivity contribution in [2.24, 2.45) is 7.05 Å². The molecule has 2 aromatic rings. The fourth-order valence-corrected chi connectivity index (χ4v) is 2.78. The van der Waals surface area contributed by atoms with Gasteiger partial charge in [0, 0.05) is 29.9 Å². The van der Waals surface area contributed by atoms with E-state index in [1.54, 1.807) is 0 Å². The molecule has 0 aliphatic rings. The minimum absolute atomic E-state index is 0.545. The molecule has 4 heteroatoms. The molecule has 1 atom stereocenters. The first-order valence-electron chi connectivity index (χ1n) is 5.96. The molecule has 0 amide bonds. The molecule has 3 nitrogen and oxygen atoms in total. The standard InChI is InChI=1S/C13H19N3S/c1-14-11(10-13-4-3-9-17-13)5-6-12-7-8-15-16(12)2/h3-4,7-9,11,14H,5-6,10H2,1-2H3. The molecule has 1 unspecified atom stereocenters. The van der Waals surface area contributed by atoms with Crippen molar-refractivity contribution in [3.63, 3.8) is 0 Å². The molecule has 0 saturated carbocycles. The van der Waals surface area contributed by atoms with Gasteiger partial charge >= 0.3 is 0 Å². The third-order valence-corrected chi connectivity index (χ3v) is 4.01. The van der Waals surface area contributed by atoms with Gasteiger partial charge in [0.25, 0.3) is 0 Å². The Morgan fingerprint density at radius 1 is 1.47 bits per heavy atom. The van der Waals surface area contributed by atoms with Crippen LogP contribution in [0.3, 0.4) is 0 Å². The summed E-state index contributed by atoms with van der Waals surface area (Å²) in [5.74, 6) is 0. The lowest BCUT2D eigenvalue weighted by molar-refractivity contribution is 0.513. The molecule has 0 spiro atoms. The molecule has 1 N–H and O–H groups in total. The first kappa shape index (κ1) is 12.3. The summed E-state index contributed by atoms with van der Waals surface area (Å²) in [5, 5.41) is 9.74. The molecule has 0 aliphatic heterocycles. The fourth-order valence-electron chi connectivity index (χ4n) is 1.99. The summed E-state index contributed by atoms with van der Waals surface area (Å²) in [7, 11) is 4.05. The summed E-state index contributed by atoms with van der Waals surface area (Å²) >= 11 is 1.84. The first-order chi connectivity index (χ1) is 8.29. The van der Waals surface area contributed by atoms with E-state index in [4.69, 9.17) is 0 Å². The predicted molar refractivity (Wildman–Crippen MR) is 72.4 cm³/mol. The monoisotopic (exact) mass is 249 g/mol. The SMILES string of the molecule is CNC(CCc1ccnn1C)Cc1cccs1. The van der Waals surface area contributed by atoms with Crippen LogP contribution in [0.5, 0.6) is 0 Å². The van der Waals surface area contributed by atoms with Crippen LogP contribution in [0.2, 0.25) is 0 Å². The average molecular weight is 249 g/mol. The molecule has 0 bridgehead atoms. The van der Waals surface area contributed by atoms with E-state index in [-0.39, 0.29) is 0 Å². The minimum Gasteiger partial charge on any atom is -0.317 e. The second-order valence-corrected chi connectivity index (χ2v) is 5.29. The Bertz CT molecular complexity index is 433. The van der Waals surface area contributed by atoms with Crippen molar-refractivity contribution < 1.29 is 0 Å². The summed E-state index contributed by atoms with van der Waals surface area (Å²) in [6, 6.07) is 6.97. The van der Waals surface area contributed by atoms with Crippen molar-refractivity contribution in [1.29, 1.82) is 0 Å². The van der Waals surface area contributed by atoms with Crippen molar-refractivity contribution in [2.45, 2.75) is 25.3 Å². The Morgan fingerprint density at radius 2 is 2.35 bits per heavy atom. The van der Waals surface area contributed by atoms with Crippen molar-refractivity contribution >= 4 is 11.3 Å². The van der Waals surface area contributed by atoms with Crippen LogP contribution in [0, 0.1) is 0 Å². The van der Waals surface area contributed by atoms with Gasteiger partial charge in [-0.25, -0.2) is 0 Å². The summed E-state index contributed by atoms with van der Waals surface area (Å²) in [4.78, 5) is 1.45. The fraction of sp³-hybridized carbons (Fsp3) is 0.462. The number of hydrogen-bond donors (Lipinski definition) is 1. The number of aryl methyl sites for hydroxylation is 2. The van der Waals surface area contributed by atoms with E-state index < -0.39 is 0 Å². The second kappa shape index (κ2) is 5.98. The number of thiophene rings is 1. The van der Waals surface area contributed by atoms with Gasteiger partial charge in [0.05, 0.1) is 0 Å². The molecule has 0 saturated heterocycles. The lowest BCUT2D eigenvalue weighted by atomic mass is 10.1. The highest BCUT2D eigenvalue weighted by atomic mass is 32.1. The molecule has 92 valence electrons. The van der Waals surface area contributed by atoms with E-state index in [1.165, 1.54) is 10.6 Å². The van der Waals surface area contributed by atoms with Crippen LogP contribution in [-0.2, 0) is 19.9 Å². The van der Waals surface area contributed by atoms with Gasteiger partial charge < -0.3 is 5.32 Å². The van der Waals surface area contributed by atoms with E-state index in [9.17, 15) is 0 Å². The topological polar surface area (TPSA) is 29.9 Å². The van der Waals surface area contributed by atoms with E-state index in [0.29, 0.717) is 6.04 Å². The number of hydrogen-bond acceptors (Lipinski definition) is 3. The molecule has 2 heterocycles. The van der Waals surface area contributed by atoms with Gasteiger partial charge in [0.2, 0.25) is 0 Å². The Morgan fingerprint density at radius 3 is 2.94 bits per heavy atom. The number of nitrogens with zero attached hydrogens (tertiary/aromatic N) is 2. The van der Waals surface area contributed by atoms with Gasteiger partial charge in [-0.1, -0.05) is 6.07 Å². The van der Waals surface area contributed by atoms with Crippen molar-refractivity contribution in [3.05, 3.63) is 40.3 Å². The zero-order valence-corrected chi connectivity index (χ0v) is 11.2. The van der Waals surface area contributed by atoms with Gasteiger partial charge in [0.15, 0.2) is 0 Å². The Hall–Kier alpha value is -1.13. The van der Waals surface area contributed by atoms with Gasteiger partial charge in [-0.15, -0.1) is 11.3 Å². The number of aromatic nitrogens is 2. The Labute approximate surface area is 106 Å². The van der Waals surface area contributed by atoms with Crippen LogP contribution in [-0.4, -0.2) is 22.9 Å². The molecular formula is C13H19N3S. The van der Waals surface area contributed by atoms with Crippen molar-refractivity contribution in [3.8, 4) is 0 Å². The molecule has 0 aromatic carbocycles. The average Bonchev–Trinajstić information content (AvgIpc) is 2.96. The van der Waals surface area contributed by atoms with Crippen LogP contribution < -0.4 is 5.32 Å². The van der Waals surface area contributed by atoms with Crippen LogP contribution >= 0.6 is 11.3 Å². The van der Waals surface area contributed by atoms with Gasteiger partial charge in [-0.3, -0.25) is 4.68 Å². The zero-order valence-electron chi connectivity index (χ0n) is 10.4. The lowest BCUT2D eigenvalue weighted by Crippen LogP contribution is -2.28. The second-order valence-electron chi connectivity index (χ2n) is 4.25. The molecule has 0 fully saturated rings. The van der Waals surface area contributed by atoms with Gasteiger partial charge in [0.1, 0.15) is 0 Å². The molecule has 0 radical (unpaired) electrons. The lowest BCUT2D eigenvalue weighted by Gasteiger charge is -2.15. The number of nitrogens with one attached hydrogen (secondary N) is 1. The summed E-state index contributed by atoms with van der Waals surface area (Å²) < 4.78 is 1.96. The largest absolute Gasteiger partial charge is 0.317 e. The Kier molecular flexibility index (Phi) is 4.34. The van der Waals surface area contributed by atoms with Crippen LogP contribution in [0.25, 0.3) is 0 Å². The quantitative estimate of drug-likeness (QED) is 0.851. The zero-order chi connectivity index (χ0) is 12.1. The van der Waals surface area contributed by atoms with Crippen LogP contribution in [0.1, 0.15) is 17.0 Å². The summed E-state index contributed by atoms with van der Waals surface area (Å²) in [6.07, 6.45) is 5.20. The van der Waals surface area contributed by atoms with E-state index >= 15 is 0 Å². The maximum Gasteiger partial charge on any atom is 0.0492 e. The van der Waals surface area contributed by atoms with E-state index in [0.717, 1.165) is 19.3 Å². The van der Waals surface area contributed by atoms with Gasteiger partial charge in [-0.2, -0.15) is 5.10 Å². The predicted octanol–water partition coefficient (Wildman–Crippen LogP) is 2.24. The molecule has 2 rings (SSSR count). The molecular weight excluding hydrogens is 230 g/mol. The van der Waals surface area contributed by atoms with Crippen LogP contribution in [0.4, 0.5) is 0 Å². The summed E-state index contributed by atoms with van der Waals surface area (Å²) in [5.41, 5.74) is 1.30. The maximum atomic E-state index is 4.19. The molecule has 17 heavy (non-hydrogen) atoms. The van der Waals surface area contributed by atoms with E-state index in [2.05, 4.69) is 34.0 Å². The number of rotatable bonds is 6. The van der Waals surface area contributed by atoms with Crippen LogP contribution in [0.15, 0.2) is 29.8 Å². The van der Waals surface area contributed by atoms with Crippen molar-refractivity contribution in [2.75, 3.05) is 7.05 Å². The third kappa shape index (κ3) is 3.41. The molecule has 0 aliphatic carbocycles. The minimum atomic E-state index is 0.545. The number of likely N-dealkylation sites (N-methyl/N-ethyl adjacent to an activating group) is 1. The highest BCUT2D eigenvalue weighted by molar-refractivity contribution is 7.09. The van der Waals surface area contributed by atoms with Crippen molar-refractivity contribution in [1.82, 2.24) is 15.1 Å². The Balaban J connectivity index is 1.86. The first-order valence-corrected chi connectivity index (χ1v) is 6.84. The highest BCUT2D eigenvalue weighted by Crippen LogP contribution is 2.14. The van der Waals surface area contributed by atoms with Gasteiger partial charge in [-0.05, 0) is 43.8 Å². The summed E-state index contributed by atoms with van der Waals surface area (Å²) in [6.45, 7) is 0. The highest BCUT2D eigenvalue weighted by Gasteiger charge is 2.09. The smallest absolute Gasteiger partial charge is 0.0492 e. The van der Waals surface area contributed by atoms with E-state index in [1.807, 2.05) is 36.3 Å².